The van der Waals surface area contributed by atoms with Crippen molar-refractivity contribution >= 4 is 34.5 Å². The molecule has 1 amide bonds. The Morgan fingerprint density at radius 2 is 1.78 bits per heavy atom. The van der Waals surface area contributed by atoms with Crippen molar-refractivity contribution in [3.8, 4) is 11.5 Å². The Bertz CT molecular complexity index is 1520. The number of para-hydroxylation sites is 1. The van der Waals surface area contributed by atoms with Crippen molar-refractivity contribution < 1.29 is 23.8 Å². The van der Waals surface area contributed by atoms with Gasteiger partial charge in [-0.25, -0.2) is 9.79 Å². The van der Waals surface area contributed by atoms with Gasteiger partial charge in [-0.1, -0.05) is 54.2 Å². The Labute approximate surface area is 242 Å². The number of nitrogens with zero attached hydrogens (tertiary/aromatic N) is 3. The second-order valence-electron chi connectivity index (χ2n) is 9.13. The van der Waals surface area contributed by atoms with Crippen molar-refractivity contribution in [1.29, 1.82) is 0 Å². The van der Waals surface area contributed by atoms with Gasteiger partial charge in [-0.15, -0.1) is 0 Å². The number of aliphatic imine (C=N–C) groups is 1. The van der Waals surface area contributed by atoms with E-state index in [0.29, 0.717) is 45.7 Å². The number of ether oxygens (including phenoxy) is 3. The number of amides is 1. The molecule has 10 heteroatoms. The van der Waals surface area contributed by atoms with E-state index in [1.165, 1.54) is 11.8 Å². The van der Waals surface area contributed by atoms with E-state index in [1.54, 1.807) is 39.6 Å². The van der Waals surface area contributed by atoms with Gasteiger partial charge in [-0.2, -0.15) is 0 Å². The van der Waals surface area contributed by atoms with Crippen LogP contribution in [0.25, 0.3) is 5.70 Å². The van der Waals surface area contributed by atoms with Crippen molar-refractivity contribution in [2.45, 2.75) is 25.9 Å². The zero-order chi connectivity index (χ0) is 28.8. The van der Waals surface area contributed by atoms with Crippen LogP contribution in [-0.4, -0.2) is 47.8 Å². The molecule has 0 unspecified atom stereocenters. The van der Waals surface area contributed by atoms with Gasteiger partial charge < -0.3 is 24.4 Å². The van der Waals surface area contributed by atoms with Crippen molar-refractivity contribution in [2.24, 2.45) is 4.99 Å². The Hall–Kier alpha value is -4.57. The number of methoxy groups -OCH3 is 2. The molecule has 210 valence electrons. The summed E-state index contributed by atoms with van der Waals surface area (Å²) >= 11 is 1.41. The molecule has 0 saturated carbocycles. The molecular weight excluding hydrogens is 540 g/mol. The van der Waals surface area contributed by atoms with Gasteiger partial charge in [0.25, 0.3) is 0 Å². The Morgan fingerprint density at radius 3 is 2.49 bits per heavy atom. The van der Waals surface area contributed by atoms with Crippen LogP contribution in [0.3, 0.4) is 0 Å². The SMILES string of the molecule is CCOC(=O)C1=C(c2ccccc2)N=C2SC=C(CC(=O)NCc3ccncc3)N2[C@H]1c1cccc(OC)c1OC. The molecule has 3 aromatic rings. The average molecular weight is 571 g/mol. The fraction of sp³-hybridized carbons (Fsp3) is 0.226. The molecule has 0 spiro atoms. The summed E-state index contributed by atoms with van der Waals surface area (Å²) in [5.41, 5.74) is 3.96. The molecule has 0 radical (unpaired) electrons. The first-order valence-corrected chi connectivity index (χ1v) is 14.0. The second-order valence-corrected chi connectivity index (χ2v) is 9.97. The van der Waals surface area contributed by atoms with Crippen LogP contribution in [0, 0.1) is 0 Å². The van der Waals surface area contributed by atoms with Crippen molar-refractivity contribution in [1.82, 2.24) is 15.2 Å². The summed E-state index contributed by atoms with van der Waals surface area (Å²) in [5.74, 6) is 0.337. The number of carbonyl (C=O) groups excluding carboxylic acids is 2. The average Bonchev–Trinajstić information content (AvgIpc) is 3.41. The Kier molecular flexibility index (Phi) is 8.69. The summed E-state index contributed by atoms with van der Waals surface area (Å²) < 4.78 is 17.0. The second kappa shape index (κ2) is 12.7. The summed E-state index contributed by atoms with van der Waals surface area (Å²) in [6.07, 6.45) is 3.46. The zero-order valence-corrected chi connectivity index (χ0v) is 23.8. The highest BCUT2D eigenvalue weighted by molar-refractivity contribution is 8.16. The van der Waals surface area contributed by atoms with Gasteiger partial charge in [0.2, 0.25) is 5.91 Å². The lowest BCUT2D eigenvalue weighted by Gasteiger charge is -2.37. The first kappa shape index (κ1) is 28.0. The van der Waals surface area contributed by atoms with Gasteiger partial charge in [0.05, 0.1) is 44.6 Å². The predicted octanol–water partition coefficient (Wildman–Crippen LogP) is 5.08. The minimum atomic E-state index is -0.698. The molecule has 0 saturated heterocycles. The fourth-order valence-corrected chi connectivity index (χ4v) is 5.76. The molecule has 2 aliphatic rings. The van der Waals surface area contributed by atoms with Crippen LogP contribution in [0.4, 0.5) is 0 Å². The molecule has 1 N–H and O–H groups in total. The number of fused-ring (bicyclic) bond motifs is 1. The number of rotatable bonds is 10. The maximum Gasteiger partial charge on any atom is 0.338 e. The maximum atomic E-state index is 13.7. The van der Waals surface area contributed by atoms with Crippen molar-refractivity contribution in [3.05, 3.63) is 106 Å². The summed E-state index contributed by atoms with van der Waals surface area (Å²) in [6.45, 7) is 2.34. The fourth-order valence-electron chi connectivity index (χ4n) is 4.84. The molecule has 1 atom stereocenters. The van der Waals surface area contributed by atoms with Crippen LogP contribution < -0.4 is 14.8 Å². The minimum Gasteiger partial charge on any atom is -0.493 e. The lowest BCUT2D eigenvalue weighted by atomic mass is 9.90. The monoisotopic (exact) mass is 570 g/mol. The first-order chi connectivity index (χ1) is 20.0. The number of aromatic nitrogens is 1. The highest BCUT2D eigenvalue weighted by atomic mass is 32.2. The van der Waals surface area contributed by atoms with Gasteiger partial charge in [0.1, 0.15) is 0 Å². The molecule has 0 fully saturated rings. The van der Waals surface area contributed by atoms with E-state index in [1.807, 2.05) is 64.9 Å². The van der Waals surface area contributed by atoms with E-state index in [9.17, 15) is 9.59 Å². The predicted molar refractivity (Wildman–Crippen MR) is 158 cm³/mol. The molecule has 0 aliphatic carbocycles. The van der Waals surface area contributed by atoms with E-state index >= 15 is 0 Å². The molecule has 2 aromatic carbocycles. The third kappa shape index (κ3) is 5.83. The largest absolute Gasteiger partial charge is 0.493 e. The van der Waals surface area contributed by atoms with Crippen LogP contribution in [0.2, 0.25) is 0 Å². The number of amidine groups is 1. The summed E-state index contributed by atoms with van der Waals surface area (Å²) in [6, 6.07) is 18.1. The highest BCUT2D eigenvalue weighted by Gasteiger charge is 2.43. The standard InChI is InChI=1S/C31H30N4O5S/c1-4-40-30(37)26-27(21-9-6-5-7-10-21)34-31-35(28(26)23-11-8-12-24(38-2)29(23)39-3)22(19-41-31)17-25(36)33-18-20-13-15-32-16-14-20/h5-16,19,28H,4,17-18H2,1-3H3,(H,33,36)/t28-/m0/s1. The quantitative estimate of drug-likeness (QED) is 0.337. The van der Waals surface area contributed by atoms with Gasteiger partial charge >= 0.3 is 5.97 Å². The van der Waals surface area contributed by atoms with Gasteiger partial charge in [0, 0.05) is 35.8 Å². The number of pyridine rings is 1. The third-order valence-electron chi connectivity index (χ3n) is 6.66. The summed E-state index contributed by atoms with van der Waals surface area (Å²) in [4.78, 5) is 37.8. The normalized spacial score (nSPS) is 16.0. The van der Waals surface area contributed by atoms with Crippen molar-refractivity contribution in [2.75, 3.05) is 20.8 Å². The molecule has 5 rings (SSSR count). The number of carbonyl (C=O) groups is 2. The highest BCUT2D eigenvalue weighted by Crippen LogP contribution is 2.50. The Morgan fingerprint density at radius 1 is 1.00 bits per heavy atom. The first-order valence-electron chi connectivity index (χ1n) is 13.1. The summed E-state index contributed by atoms with van der Waals surface area (Å²) in [5, 5.41) is 5.52. The molecule has 1 aromatic heterocycles. The lowest BCUT2D eigenvalue weighted by molar-refractivity contribution is -0.139. The van der Waals surface area contributed by atoms with Crippen LogP contribution in [0.15, 0.2) is 94.7 Å². The van der Waals surface area contributed by atoms with Crippen LogP contribution in [0.5, 0.6) is 11.5 Å². The minimum absolute atomic E-state index is 0.0800. The zero-order valence-electron chi connectivity index (χ0n) is 23.0. The number of nitrogens with one attached hydrogen (secondary N) is 1. The van der Waals surface area contributed by atoms with E-state index in [4.69, 9.17) is 19.2 Å². The number of hydrogen-bond donors (Lipinski definition) is 1. The van der Waals surface area contributed by atoms with Gasteiger partial charge in [-0.3, -0.25) is 9.78 Å². The van der Waals surface area contributed by atoms with E-state index in [0.717, 1.165) is 11.1 Å². The third-order valence-corrected chi connectivity index (χ3v) is 7.55. The van der Waals surface area contributed by atoms with Crippen LogP contribution in [0.1, 0.15) is 36.1 Å². The molecule has 41 heavy (non-hydrogen) atoms. The number of benzene rings is 2. The topological polar surface area (TPSA) is 102 Å². The Balaban J connectivity index is 1.60. The van der Waals surface area contributed by atoms with Gasteiger partial charge in [-0.05, 0) is 36.1 Å². The molecule has 0 bridgehead atoms. The molecule has 3 heterocycles. The molecule has 2 aliphatic heterocycles. The van der Waals surface area contributed by atoms with E-state index < -0.39 is 12.0 Å². The number of esters is 1. The molecule has 9 nitrogen and oxygen atoms in total. The lowest BCUT2D eigenvalue weighted by Crippen LogP contribution is -2.38. The van der Waals surface area contributed by atoms with Crippen LogP contribution in [-0.2, 0) is 20.9 Å². The van der Waals surface area contributed by atoms with Crippen molar-refractivity contribution in [3.63, 3.8) is 0 Å². The number of thioether (sulfide) groups is 1. The summed E-state index contributed by atoms with van der Waals surface area (Å²) in [7, 11) is 3.13. The molecular formula is C31H30N4O5S. The maximum absolute atomic E-state index is 13.7. The van der Waals surface area contributed by atoms with Gasteiger partial charge in [0.15, 0.2) is 16.7 Å². The van der Waals surface area contributed by atoms with E-state index in [-0.39, 0.29) is 18.9 Å². The smallest absolute Gasteiger partial charge is 0.338 e. The number of hydrogen-bond acceptors (Lipinski definition) is 9. The van der Waals surface area contributed by atoms with Crippen LogP contribution >= 0.6 is 11.8 Å². The van der Waals surface area contributed by atoms with E-state index in [2.05, 4.69) is 10.3 Å².